The van der Waals surface area contributed by atoms with Crippen molar-refractivity contribution in [3.05, 3.63) is 108 Å². The molecule has 0 spiro atoms. The summed E-state index contributed by atoms with van der Waals surface area (Å²) in [5, 5.41) is 5.63. The molecule has 1 saturated heterocycles. The summed E-state index contributed by atoms with van der Waals surface area (Å²) in [5.41, 5.74) is 4.85. The Morgan fingerprint density at radius 1 is 1.05 bits per heavy atom. The number of benzene rings is 3. The number of sulfonamides is 1. The van der Waals surface area contributed by atoms with Gasteiger partial charge in [-0.15, -0.1) is 0 Å². The zero-order chi connectivity index (χ0) is 27.6. The number of hydrogen-bond donors (Lipinski definition) is 0. The van der Waals surface area contributed by atoms with E-state index >= 15 is 0 Å². The molecule has 0 unspecified atom stereocenters. The third-order valence-electron chi connectivity index (χ3n) is 7.00. The number of nitrogens with zero attached hydrogens (tertiary/aromatic N) is 5. The smallest absolute Gasteiger partial charge is 0.244 e. The van der Waals surface area contributed by atoms with Crippen LogP contribution in [0.15, 0.2) is 103 Å². The molecule has 7 nitrogen and oxygen atoms in total. The Balaban J connectivity index is 1.47. The third kappa shape index (κ3) is 5.65. The maximum atomic E-state index is 13.5. The first-order valence-electron chi connectivity index (χ1n) is 12.9. The van der Waals surface area contributed by atoms with Gasteiger partial charge in [0, 0.05) is 57.0 Å². The molecule has 3 aromatic carbocycles. The third-order valence-corrected chi connectivity index (χ3v) is 8.88. The van der Waals surface area contributed by atoms with Crippen molar-refractivity contribution in [1.82, 2.24) is 19.0 Å². The quantitative estimate of drug-likeness (QED) is 0.255. The second-order valence-corrected chi connectivity index (χ2v) is 11.9. The molecular formula is C30H32BN5O2S. The summed E-state index contributed by atoms with van der Waals surface area (Å²) < 4.78 is 30.6. The maximum Gasteiger partial charge on any atom is 0.244 e. The predicted octanol–water partition coefficient (Wildman–Crippen LogP) is 3.47. The van der Waals surface area contributed by atoms with E-state index in [1.165, 1.54) is 6.08 Å². The highest BCUT2D eigenvalue weighted by molar-refractivity contribution is 7.93. The average molecular weight is 537 g/mol. The van der Waals surface area contributed by atoms with Gasteiger partial charge in [0.25, 0.3) is 0 Å². The predicted molar refractivity (Wildman–Crippen MR) is 160 cm³/mol. The van der Waals surface area contributed by atoms with Crippen LogP contribution in [0.4, 0.5) is 5.69 Å². The van der Waals surface area contributed by atoms with Gasteiger partial charge in [-0.2, -0.15) is 9.40 Å². The average Bonchev–Trinajstić information content (AvgIpc) is 3.36. The Kier molecular flexibility index (Phi) is 7.64. The van der Waals surface area contributed by atoms with Gasteiger partial charge in [-0.1, -0.05) is 54.5 Å². The van der Waals surface area contributed by atoms with Crippen LogP contribution in [0.25, 0.3) is 16.6 Å². The Morgan fingerprint density at radius 2 is 1.77 bits per heavy atom. The molecule has 5 rings (SSSR count). The molecule has 0 amide bonds. The van der Waals surface area contributed by atoms with Gasteiger partial charge in [-0.05, 0) is 48.4 Å². The molecular weight excluding hydrogens is 505 g/mol. The largest absolute Gasteiger partial charge is 0.382 e. The molecule has 0 N–H and O–H groups in total. The summed E-state index contributed by atoms with van der Waals surface area (Å²) in [5.74, 6) is 0. The summed E-state index contributed by atoms with van der Waals surface area (Å²) in [6.07, 6.45) is 5.61. The van der Waals surface area contributed by atoms with Crippen molar-refractivity contribution >= 4 is 39.9 Å². The number of aromatic nitrogens is 2. The SMILES string of the molecule is [B]c1ccc(-n2ncc3cc(N4CCN(S(=O)(=O)/C(C=C)=C/N(C)C)C[C@H]4Cc4ccccc4)ccc32)cc1. The molecule has 1 aliphatic rings. The normalized spacial score (nSPS) is 16.9. The Morgan fingerprint density at radius 3 is 2.46 bits per heavy atom. The Labute approximate surface area is 232 Å². The maximum absolute atomic E-state index is 13.5. The van der Waals surface area contributed by atoms with Crippen molar-refractivity contribution in [3.8, 4) is 5.69 Å². The molecule has 198 valence electrons. The fourth-order valence-electron chi connectivity index (χ4n) is 5.09. The van der Waals surface area contributed by atoms with Gasteiger partial charge in [-0.25, -0.2) is 13.1 Å². The molecule has 2 heterocycles. The van der Waals surface area contributed by atoms with Gasteiger partial charge in [0.1, 0.15) is 7.85 Å². The van der Waals surface area contributed by atoms with Crippen LogP contribution in [0.2, 0.25) is 0 Å². The van der Waals surface area contributed by atoms with Crippen LogP contribution in [0, 0.1) is 0 Å². The van der Waals surface area contributed by atoms with E-state index in [4.69, 9.17) is 7.85 Å². The zero-order valence-corrected chi connectivity index (χ0v) is 23.1. The minimum Gasteiger partial charge on any atom is -0.382 e. The van der Waals surface area contributed by atoms with E-state index in [-0.39, 0.29) is 10.9 Å². The van der Waals surface area contributed by atoms with E-state index < -0.39 is 10.0 Å². The van der Waals surface area contributed by atoms with Crippen molar-refractivity contribution in [3.63, 3.8) is 0 Å². The molecule has 39 heavy (non-hydrogen) atoms. The van der Waals surface area contributed by atoms with E-state index in [9.17, 15) is 8.42 Å². The summed E-state index contributed by atoms with van der Waals surface area (Å²) in [6, 6.07) is 24.1. The van der Waals surface area contributed by atoms with Crippen LogP contribution in [0.5, 0.6) is 0 Å². The molecule has 2 radical (unpaired) electrons. The van der Waals surface area contributed by atoms with Crippen molar-refractivity contribution in [2.24, 2.45) is 0 Å². The van der Waals surface area contributed by atoms with Gasteiger partial charge in [0.2, 0.25) is 10.0 Å². The first kappa shape index (κ1) is 26.8. The molecule has 1 aromatic heterocycles. The van der Waals surface area contributed by atoms with Crippen molar-refractivity contribution in [2.45, 2.75) is 12.5 Å². The van der Waals surface area contributed by atoms with Crippen molar-refractivity contribution in [2.75, 3.05) is 38.6 Å². The molecule has 0 saturated carbocycles. The fraction of sp³-hybridized carbons (Fsp3) is 0.233. The van der Waals surface area contributed by atoms with Crippen LogP contribution in [-0.4, -0.2) is 75.0 Å². The van der Waals surface area contributed by atoms with Gasteiger partial charge < -0.3 is 9.80 Å². The lowest BCUT2D eigenvalue weighted by Gasteiger charge is -2.42. The highest BCUT2D eigenvalue weighted by atomic mass is 32.2. The Hall–Kier alpha value is -3.82. The number of rotatable bonds is 8. The Bertz CT molecular complexity index is 1600. The van der Waals surface area contributed by atoms with E-state index in [0.29, 0.717) is 25.1 Å². The first-order valence-corrected chi connectivity index (χ1v) is 14.4. The van der Waals surface area contributed by atoms with Crippen LogP contribution in [0.3, 0.4) is 0 Å². The molecule has 1 aliphatic heterocycles. The lowest BCUT2D eigenvalue weighted by atomic mass is 9.96. The molecule has 4 aromatic rings. The molecule has 1 atom stereocenters. The zero-order valence-electron chi connectivity index (χ0n) is 22.3. The van der Waals surface area contributed by atoms with E-state index in [1.807, 2.05) is 53.3 Å². The molecule has 0 aliphatic carbocycles. The van der Waals surface area contributed by atoms with Crippen LogP contribution >= 0.6 is 0 Å². The number of anilines is 1. The van der Waals surface area contributed by atoms with Crippen LogP contribution < -0.4 is 10.4 Å². The second kappa shape index (κ2) is 11.1. The fourth-order valence-corrected chi connectivity index (χ4v) is 6.64. The number of hydrogen-bond acceptors (Lipinski definition) is 5. The van der Waals surface area contributed by atoms with Crippen molar-refractivity contribution in [1.29, 1.82) is 0 Å². The minimum absolute atomic E-state index is 0.0501. The van der Waals surface area contributed by atoms with Gasteiger partial charge in [0.15, 0.2) is 0 Å². The standard InChI is InChI=1S/C30H32BN5O2S/c1-4-29(22-33(2)3)39(37,38)34-16-17-35(28(21-34)18-23-8-6-5-7-9-23)27-14-15-30-24(19-27)20-32-36(30)26-12-10-25(31)11-13-26/h4-15,19-20,22,28H,1,16-18,21H2,2-3H3/b29-22+/t28-/m1/s1. The highest BCUT2D eigenvalue weighted by Gasteiger charge is 2.35. The van der Waals surface area contributed by atoms with Crippen LogP contribution in [0.1, 0.15) is 5.56 Å². The van der Waals surface area contributed by atoms with Gasteiger partial charge in [0.05, 0.1) is 22.3 Å². The first-order chi connectivity index (χ1) is 18.8. The lowest BCUT2D eigenvalue weighted by molar-refractivity contribution is 0.333. The molecule has 0 bridgehead atoms. The molecule has 1 fully saturated rings. The van der Waals surface area contributed by atoms with E-state index in [2.05, 4.69) is 46.9 Å². The number of fused-ring (bicyclic) bond motifs is 1. The lowest BCUT2D eigenvalue weighted by Crippen LogP contribution is -2.55. The summed E-state index contributed by atoms with van der Waals surface area (Å²) in [7, 11) is 5.79. The minimum atomic E-state index is -3.68. The molecule has 9 heteroatoms. The summed E-state index contributed by atoms with van der Waals surface area (Å²) >= 11 is 0. The highest BCUT2D eigenvalue weighted by Crippen LogP contribution is 2.30. The topological polar surface area (TPSA) is 61.7 Å². The number of allylic oxidation sites excluding steroid dienone is 1. The number of piperazine rings is 1. The summed E-state index contributed by atoms with van der Waals surface area (Å²) in [4.78, 5) is 4.25. The van der Waals surface area contributed by atoms with Gasteiger partial charge in [-0.3, -0.25) is 0 Å². The van der Waals surface area contributed by atoms with E-state index in [1.54, 1.807) is 29.5 Å². The summed E-state index contributed by atoms with van der Waals surface area (Å²) in [6.45, 7) is 5.08. The van der Waals surface area contributed by atoms with Gasteiger partial charge >= 0.3 is 0 Å². The monoisotopic (exact) mass is 537 g/mol. The van der Waals surface area contributed by atoms with Crippen LogP contribution in [-0.2, 0) is 16.4 Å². The van der Waals surface area contributed by atoms with E-state index in [0.717, 1.165) is 34.3 Å². The second-order valence-electron chi connectivity index (χ2n) is 9.99. The van der Waals surface area contributed by atoms with Crippen molar-refractivity contribution < 1.29 is 8.42 Å².